The second-order valence-corrected chi connectivity index (χ2v) is 8.31. The fraction of sp³-hybridized carbons (Fsp3) is 0.647. The standard InChI is InChI=1S/C17H28OS/c1-7-8-13-19(18)15-12-10-9-11-14(15)17(5,6)16(2,3)4/h9-12H,7-8,13H2,1-6H3. The van der Waals surface area contributed by atoms with Crippen molar-refractivity contribution in [3.63, 3.8) is 0 Å². The first-order valence-corrected chi connectivity index (χ1v) is 8.51. The van der Waals surface area contributed by atoms with Crippen molar-refractivity contribution in [2.45, 2.75) is 64.7 Å². The molecule has 2 heteroatoms. The monoisotopic (exact) mass is 280 g/mol. The molecule has 0 N–H and O–H groups in total. The predicted octanol–water partition coefficient (Wildman–Crippen LogP) is 4.92. The molecule has 0 spiro atoms. The summed E-state index contributed by atoms with van der Waals surface area (Å²) in [6.07, 6.45) is 2.12. The molecule has 108 valence electrons. The summed E-state index contributed by atoms with van der Waals surface area (Å²) in [7, 11) is -0.876. The Bertz CT molecular complexity index is 441. The maximum Gasteiger partial charge on any atom is 0.0532 e. The number of hydrogen-bond donors (Lipinski definition) is 0. The highest BCUT2D eigenvalue weighted by Gasteiger charge is 2.36. The molecule has 1 unspecified atom stereocenters. The summed E-state index contributed by atoms with van der Waals surface area (Å²) < 4.78 is 12.5. The van der Waals surface area contributed by atoms with Crippen molar-refractivity contribution >= 4 is 10.8 Å². The predicted molar refractivity (Wildman–Crippen MR) is 85.1 cm³/mol. The quantitative estimate of drug-likeness (QED) is 0.748. The smallest absolute Gasteiger partial charge is 0.0532 e. The van der Waals surface area contributed by atoms with Gasteiger partial charge in [-0.25, -0.2) is 0 Å². The van der Waals surface area contributed by atoms with Crippen molar-refractivity contribution in [2.24, 2.45) is 5.41 Å². The van der Waals surface area contributed by atoms with Gasteiger partial charge in [-0.3, -0.25) is 4.21 Å². The van der Waals surface area contributed by atoms with Gasteiger partial charge < -0.3 is 0 Å². The maximum atomic E-state index is 12.5. The minimum absolute atomic E-state index is 0.00542. The first kappa shape index (κ1) is 16.4. The summed E-state index contributed by atoms with van der Waals surface area (Å²) in [4.78, 5) is 1.02. The van der Waals surface area contributed by atoms with E-state index in [1.807, 2.05) is 12.1 Å². The van der Waals surface area contributed by atoms with Crippen LogP contribution in [-0.4, -0.2) is 9.96 Å². The van der Waals surface area contributed by atoms with E-state index in [4.69, 9.17) is 0 Å². The minimum atomic E-state index is -0.876. The van der Waals surface area contributed by atoms with Crippen LogP contribution >= 0.6 is 0 Å². The zero-order valence-corrected chi connectivity index (χ0v) is 14.1. The molecule has 1 aromatic rings. The molecular formula is C17H28OS. The van der Waals surface area contributed by atoms with E-state index in [9.17, 15) is 4.21 Å². The zero-order valence-electron chi connectivity index (χ0n) is 13.2. The van der Waals surface area contributed by atoms with Gasteiger partial charge in [-0.15, -0.1) is 0 Å². The third kappa shape index (κ3) is 3.68. The van der Waals surface area contributed by atoms with Gasteiger partial charge in [-0.2, -0.15) is 0 Å². The highest BCUT2D eigenvalue weighted by molar-refractivity contribution is 7.85. The summed E-state index contributed by atoms with van der Waals surface area (Å²) >= 11 is 0. The molecule has 19 heavy (non-hydrogen) atoms. The molecule has 0 aliphatic carbocycles. The second-order valence-electron chi connectivity index (χ2n) is 6.77. The van der Waals surface area contributed by atoms with Gasteiger partial charge in [0.05, 0.1) is 10.8 Å². The van der Waals surface area contributed by atoms with Crippen LogP contribution in [0.4, 0.5) is 0 Å². The molecule has 0 amide bonds. The van der Waals surface area contributed by atoms with Crippen LogP contribution < -0.4 is 0 Å². The van der Waals surface area contributed by atoms with Crippen molar-refractivity contribution in [1.29, 1.82) is 0 Å². The second kappa shape index (κ2) is 6.21. The van der Waals surface area contributed by atoms with Crippen molar-refractivity contribution in [1.82, 2.24) is 0 Å². The summed E-state index contributed by atoms with van der Waals surface area (Å²) in [5, 5.41) is 0. The molecule has 0 fully saturated rings. The third-order valence-corrected chi connectivity index (χ3v) is 5.87. The third-order valence-electron chi connectivity index (χ3n) is 4.36. The van der Waals surface area contributed by atoms with Gasteiger partial charge in [0.2, 0.25) is 0 Å². The molecule has 0 heterocycles. The Labute approximate surface area is 121 Å². The van der Waals surface area contributed by atoms with E-state index in [0.29, 0.717) is 0 Å². The summed E-state index contributed by atoms with van der Waals surface area (Å²) in [5.41, 5.74) is 1.38. The van der Waals surface area contributed by atoms with E-state index < -0.39 is 10.8 Å². The van der Waals surface area contributed by atoms with Gasteiger partial charge in [0.1, 0.15) is 0 Å². The Morgan fingerprint density at radius 1 is 1.05 bits per heavy atom. The van der Waals surface area contributed by atoms with Crippen LogP contribution in [0.1, 0.15) is 59.9 Å². The highest BCUT2D eigenvalue weighted by atomic mass is 32.2. The van der Waals surface area contributed by atoms with Crippen LogP contribution in [0.5, 0.6) is 0 Å². The molecule has 1 rings (SSSR count). The lowest BCUT2D eigenvalue weighted by Crippen LogP contribution is -2.35. The zero-order chi connectivity index (χ0) is 14.7. The lowest BCUT2D eigenvalue weighted by Gasteiger charge is -2.40. The van der Waals surface area contributed by atoms with E-state index in [-0.39, 0.29) is 10.8 Å². The molecule has 1 nitrogen and oxygen atoms in total. The first-order chi connectivity index (χ1) is 8.71. The Kier molecular flexibility index (Phi) is 5.37. The fourth-order valence-corrected chi connectivity index (χ4v) is 3.54. The van der Waals surface area contributed by atoms with Gasteiger partial charge in [-0.1, -0.05) is 66.2 Å². The summed E-state index contributed by atoms with van der Waals surface area (Å²) in [5.74, 6) is 0.772. The van der Waals surface area contributed by atoms with Crippen LogP contribution in [-0.2, 0) is 16.2 Å². The van der Waals surface area contributed by atoms with Gasteiger partial charge in [0.25, 0.3) is 0 Å². The molecule has 0 aliphatic heterocycles. The van der Waals surface area contributed by atoms with Crippen LogP contribution in [0.2, 0.25) is 0 Å². The Morgan fingerprint density at radius 2 is 1.63 bits per heavy atom. The van der Waals surface area contributed by atoms with Gasteiger partial charge in [0.15, 0.2) is 0 Å². The molecular weight excluding hydrogens is 252 g/mol. The molecule has 0 radical (unpaired) electrons. The number of rotatable bonds is 5. The molecule has 0 aromatic heterocycles. The van der Waals surface area contributed by atoms with Gasteiger partial charge in [0, 0.05) is 10.6 Å². The lowest BCUT2D eigenvalue weighted by molar-refractivity contribution is 0.222. The van der Waals surface area contributed by atoms with Gasteiger partial charge >= 0.3 is 0 Å². The van der Waals surface area contributed by atoms with Crippen LogP contribution in [0.3, 0.4) is 0 Å². The first-order valence-electron chi connectivity index (χ1n) is 7.19. The molecule has 0 saturated carbocycles. The van der Waals surface area contributed by atoms with Crippen LogP contribution in [0.15, 0.2) is 29.2 Å². The van der Waals surface area contributed by atoms with Crippen molar-refractivity contribution < 1.29 is 4.21 Å². The Morgan fingerprint density at radius 3 is 2.16 bits per heavy atom. The van der Waals surface area contributed by atoms with E-state index in [1.165, 1.54) is 5.56 Å². The lowest BCUT2D eigenvalue weighted by atomic mass is 9.65. The van der Waals surface area contributed by atoms with E-state index in [0.717, 1.165) is 23.5 Å². The number of benzene rings is 1. The van der Waals surface area contributed by atoms with Crippen LogP contribution in [0.25, 0.3) is 0 Å². The normalized spacial score (nSPS) is 14.4. The van der Waals surface area contributed by atoms with E-state index in [2.05, 4.69) is 53.7 Å². The maximum absolute atomic E-state index is 12.5. The molecule has 1 atom stereocenters. The van der Waals surface area contributed by atoms with Crippen LogP contribution in [0, 0.1) is 5.41 Å². The van der Waals surface area contributed by atoms with Gasteiger partial charge in [-0.05, 0) is 28.9 Å². The van der Waals surface area contributed by atoms with Crippen molar-refractivity contribution in [2.75, 3.05) is 5.75 Å². The topological polar surface area (TPSA) is 17.1 Å². The Hall–Kier alpha value is -0.630. The SMILES string of the molecule is CCCCS(=O)c1ccccc1C(C)(C)C(C)(C)C. The molecule has 1 aromatic carbocycles. The molecule has 0 saturated heterocycles. The Balaban J connectivity index is 3.20. The minimum Gasteiger partial charge on any atom is -0.254 e. The van der Waals surface area contributed by atoms with E-state index >= 15 is 0 Å². The van der Waals surface area contributed by atoms with E-state index in [1.54, 1.807) is 0 Å². The summed E-state index contributed by atoms with van der Waals surface area (Å²) in [6, 6.07) is 8.24. The fourth-order valence-electron chi connectivity index (χ4n) is 1.97. The average molecular weight is 280 g/mol. The number of unbranched alkanes of at least 4 members (excludes halogenated alkanes) is 1. The van der Waals surface area contributed by atoms with Crippen molar-refractivity contribution in [3.05, 3.63) is 29.8 Å². The summed E-state index contributed by atoms with van der Waals surface area (Å²) in [6.45, 7) is 13.4. The average Bonchev–Trinajstić information content (AvgIpc) is 2.34. The highest BCUT2D eigenvalue weighted by Crippen LogP contribution is 2.42. The molecule has 0 aliphatic rings. The largest absolute Gasteiger partial charge is 0.254 e. The number of hydrogen-bond acceptors (Lipinski definition) is 1. The van der Waals surface area contributed by atoms with Crippen molar-refractivity contribution in [3.8, 4) is 0 Å². The molecule has 0 bridgehead atoms.